The quantitative estimate of drug-likeness (QED) is 0.545. The highest BCUT2D eigenvalue weighted by Crippen LogP contribution is 2.47. The summed E-state index contributed by atoms with van der Waals surface area (Å²) in [7, 11) is 3.65. The predicted molar refractivity (Wildman–Crippen MR) is 124 cm³/mol. The van der Waals surface area contributed by atoms with Crippen LogP contribution in [0, 0.1) is 5.82 Å². The van der Waals surface area contributed by atoms with E-state index in [1.807, 2.05) is 26.2 Å². The van der Waals surface area contributed by atoms with Gasteiger partial charge in [-0.05, 0) is 44.8 Å². The van der Waals surface area contributed by atoms with E-state index in [4.69, 9.17) is 9.47 Å². The summed E-state index contributed by atoms with van der Waals surface area (Å²) in [5, 5.41) is 15.5. The Labute approximate surface area is 198 Å². The van der Waals surface area contributed by atoms with Crippen molar-refractivity contribution in [2.75, 3.05) is 32.6 Å². The van der Waals surface area contributed by atoms with E-state index in [9.17, 15) is 19.1 Å². The van der Waals surface area contributed by atoms with Crippen LogP contribution in [0.2, 0.25) is 0 Å². The molecule has 0 spiro atoms. The van der Waals surface area contributed by atoms with Crippen LogP contribution in [0.5, 0.6) is 5.75 Å². The van der Waals surface area contributed by atoms with Crippen LogP contribution in [0.25, 0.3) is 0 Å². The predicted octanol–water partition coefficient (Wildman–Crippen LogP) is 2.03. The minimum atomic E-state index is -0.581. The Morgan fingerprint density at radius 1 is 1.18 bits per heavy atom. The smallest absolute Gasteiger partial charge is 0.238 e. The number of benzene rings is 2. The molecule has 4 rings (SSSR count). The van der Waals surface area contributed by atoms with Gasteiger partial charge in [0.25, 0.3) is 0 Å². The first-order valence-electron chi connectivity index (χ1n) is 11.4. The van der Waals surface area contributed by atoms with Crippen molar-refractivity contribution in [1.29, 1.82) is 0 Å². The summed E-state index contributed by atoms with van der Waals surface area (Å²) in [4.78, 5) is 26.5. The minimum absolute atomic E-state index is 0.0861. The molecule has 9 heteroatoms. The van der Waals surface area contributed by atoms with E-state index in [2.05, 4.69) is 10.6 Å². The highest BCUT2D eigenvalue weighted by Gasteiger charge is 2.46. The minimum Gasteiger partial charge on any atom is -0.487 e. The number of aliphatic hydroxyl groups excluding tert-OH is 1. The van der Waals surface area contributed by atoms with Gasteiger partial charge in [0.1, 0.15) is 23.8 Å². The van der Waals surface area contributed by atoms with E-state index in [0.717, 1.165) is 5.56 Å². The lowest BCUT2D eigenvalue weighted by molar-refractivity contribution is -0.142. The lowest BCUT2D eigenvalue weighted by atomic mass is 9.84. The number of carbonyl (C=O) groups is 2. The van der Waals surface area contributed by atoms with Gasteiger partial charge in [-0.3, -0.25) is 9.59 Å². The normalized spacial score (nSPS) is 23.1. The van der Waals surface area contributed by atoms with Gasteiger partial charge in [-0.1, -0.05) is 18.2 Å². The lowest BCUT2D eigenvalue weighted by Gasteiger charge is -2.37. The highest BCUT2D eigenvalue weighted by atomic mass is 19.1. The van der Waals surface area contributed by atoms with Crippen LogP contribution in [0.15, 0.2) is 42.5 Å². The number of fused-ring (bicyclic) bond motifs is 3. The van der Waals surface area contributed by atoms with Gasteiger partial charge in [0, 0.05) is 29.3 Å². The first kappa shape index (κ1) is 24.1. The molecule has 2 aromatic rings. The first-order valence-corrected chi connectivity index (χ1v) is 11.4. The Bertz CT molecular complexity index is 1050. The summed E-state index contributed by atoms with van der Waals surface area (Å²) in [6, 6.07) is 11.8. The van der Waals surface area contributed by atoms with Crippen molar-refractivity contribution < 1.29 is 28.6 Å². The molecule has 2 amide bonds. The van der Waals surface area contributed by atoms with Crippen molar-refractivity contribution in [3.63, 3.8) is 0 Å². The van der Waals surface area contributed by atoms with Gasteiger partial charge in [-0.2, -0.15) is 0 Å². The second kappa shape index (κ2) is 10.5. The van der Waals surface area contributed by atoms with Crippen LogP contribution in [-0.2, 0) is 20.9 Å². The van der Waals surface area contributed by atoms with Crippen LogP contribution in [0.4, 0.5) is 10.1 Å². The molecule has 2 aliphatic rings. The molecule has 0 radical (unpaired) electrons. The molecule has 2 aromatic carbocycles. The zero-order valence-corrected chi connectivity index (χ0v) is 19.3. The SMILES string of the molecule is CN(C)CC(=O)Nc1ccc2c(c1)[C@@H]1C[C@@H](CC(=O)NCc3ccccc3F)O[C@@H](CO)[C@@H]1O2. The molecular weight excluding hydrogens is 441 g/mol. The summed E-state index contributed by atoms with van der Waals surface area (Å²) in [5.74, 6) is -0.145. The molecule has 2 heterocycles. The van der Waals surface area contributed by atoms with Gasteiger partial charge in [-0.25, -0.2) is 4.39 Å². The lowest BCUT2D eigenvalue weighted by Crippen LogP contribution is -2.47. The Morgan fingerprint density at radius 3 is 2.71 bits per heavy atom. The third kappa shape index (κ3) is 5.55. The van der Waals surface area contributed by atoms with Gasteiger partial charge < -0.3 is 30.1 Å². The van der Waals surface area contributed by atoms with E-state index in [1.165, 1.54) is 6.07 Å². The number of nitrogens with one attached hydrogen (secondary N) is 2. The summed E-state index contributed by atoms with van der Waals surface area (Å²) in [5.41, 5.74) is 2.00. The fraction of sp³-hybridized carbons (Fsp3) is 0.440. The number of nitrogens with zero attached hydrogens (tertiary/aromatic N) is 1. The second-order valence-corrected chi connectivity index (χ2v) is 9.01. The summed E-state index contributed by atoms with van der Waals surface area (Å²) >= 11 is 0. The number of rotatable bonds is 8. The van der Waals surface area contributed by atoms with Gasteiger partial charge in [0.15, 0.2) is 0 Å². The molecule has 1 fully saturated rings. The van der Waals surface area contributed by atoms with Crippen molar-refractivity contribution in [1.82, 2.24) is 10.2 Å². The molecular formula is C25H30FN3O5. The molecule has 4 atom stereocenters. The maximum absolute atomic E-state index is 13.8. The number of likely N-dealkylation sites (N-methyl/N-ethyl adjacent to an activating group) is 1. The van der Waals surface area contributed by atoms with Gasteiger partial charge in [-0.15, -0.1) is 0 Å². The molecule has 0 bridgehead atoms. The number of hydrogen-bond donors (Lipinski definition) is 3. The molecule has 0 saturated carbocycles. The fourth-order valence-electron chi connectivity index (χ4n) is 4.57. The maximum Gasteiger partial charge on any atom is 0.238 e. The first-order chi connectivity index (χ1) is 16.3. The fourth-order valence-corrected chi connectivity index (χ4v) is 4.57. The Hall–Kier alpha value is -3.01. The van der Waals surface area contributed by atoms with Crippen LogP contribution in [0.3, 0.4) is 0 Å². The average Bonchev–Trinajstić information content (AvgIpc) is 3.15. The molecule has 8 nitrogen and oxygen atoms in total. The summed E-state index contributed by atoms with van der Waals surface area (Å²) < 4.78 is 25.9. The van der Waals surface area contributed by atoms with E-state index in [-0.39, 0.29) is 55.8 Å². The number of aliphatic hydroxyl groups is 1. The zero-order valence-electron chi connectivity index (χ0n) is 19.3. The summed E-state index contributed by atoms with van der Waals surface area (Å²) in [6.45, 7) is 0.120. The molecule has 0 aromatic heterocycles. The number of amides is 2. The third-order valence-electron chi connectivity index (χ3n) is 6.09. The standard InChI is InChI=1S/C25H30FN3O5/c1-29(2)13-24(32)28-16-7-8-21-18(9-16)19-10-17(33-22(14-30)25(19)34-21)11-23(31)27-12-15-5-3-4-6-20(15)26/h3-9,17,19,22,25,30H,10-14H2,1-2H3,(H,27,31)(H,28,32)/t17-,19-,22-,25+/m0/s1. The molecule has 3 N–H and O–H groups in total. The number of anilines is 1. The highest BCUT2D eigenvalue weighted by molar-refractivity contribution is 5.92. The van der Waals surface area contributed by atoms with Gasteiger partial charge >= 0.3 is 0 Å². The number of halogens is 1. The van der Waals surface area contributed by atoms with E-state index in [1.54, 1.807) is 29.2 Å². The topological polar surface area (TPSA) is 100 Å². The second-order valence-electron chi connectivity index (χ2n) is 9.01. The molecule has 0 unspecified atom stereocenters. The van der Waals surface area contributed by atoms with E-state index >= 15 is 0 Å². The van der Waals surface area contributed by atoms with Crippen LogP contribution < -0.4 is 15.4 Å². The average molecular weight is 472 g/mol. The van der Waals surface area contributed by atoms with Gasteiger partial charge in [0.05, 0.1) is 25.7 Å². The van der Waals surface area contributed by atoms with Crippen LogP contribution in [-0.4, -0.2) is 67.4 Å². The number of hydrogen-bond acceptors (Lipinski definition) is 6. The molecule has 34 heavy (non-hydrogen) atoms. The van der Waals surface area contributed by atoms with Crippen LogP contribution >= 0.6 is 0 Å². The van der Waals surface area contributed by atoms with Crippen molar-refractivity contribution in [3.05, 3.63) is 59.4 Å². The maximum atomic E-state index is 13.8. The molecule has 2 aliphatic heterocycles. The molecule has 1 saturated heterocycles. The van der Waals surface area contributed by atoms with E-state index < -0.39 is 12.2 Å². The van der Waals surface area contributed by atoms with Gasteiger partial charge in [0.2, 0.25) is 11.8 Å². The Balaban J connectivity index is 1.42. The Kier molecular flexibility index (Phi) is 7.45. The van der Waals surface area contributed by atoms with Crippen molar-refractivity contribution in [3.8, 4) is 5.75 Å². The van der Waals surface area contributed by atoms with E-state index in [0.29, 0.717) is 23.4 Å². The zero-order chi connectivity index (χ0) is 24.2. The number of ether oxygens (including phenoxy) is 2. The summed E-state index contributed by atoms with van der Waals surface area (Å²) in [6.07, 6.45) is -0.771. The third-order valence-corrected chi connectivity index (χ3v) is 6.09. The largest absolute Gasteiger partial charge is 0.487 e. The van der Waals surface area contributed by atoms with Crippen molar-refractivity contribution in [2.45, 2.75) is 43.6 Å². The monoisotopic (exact) mass is 471 g/mol. The Morgan fingerprint density at radius 2 is 1.97 bits per heavy atom. The molecule has 0 aliphatic carbocycles. The van der Waals surface area contributed by atoms with Crippen molar-refractivity contribution >= 4 is 17.5 Å². The number of carbonyl (C=O) groups excluding carboxylic acids is 2. The van der Waals surface area contributed by atoms with Crippen LogP contribution in [0.1, 0.15) is 29.9 Å². The molecule has 182 valence electrons. The van der Waals surface area contributed by atoms with Crippen molar-refractivity contribution in [2.24, 2.45) is 0 Å².